The molecule has 1 atom stereocenters. The monoisotopic (exact) mass is 338 g/mol. The van der Waals surface area contributed by atoms with E-state index < -0.39 is 0 Å². The smallest absolute Gasteiger partial charge is 0.158 e. The van der Waals surface area contributed by atoms with Crippen LogP contribution in [0, 0.1) is 0 Å². The first kappa shape index (κ1) is 14.7. The minimum absolute atomic E-state index is 0.351. The molecule has 118 valence electrons. The fourth-order valence-corrected chi connectivity index (χ4v) is 5.02. The lowest BCUT2D eigenvalue weighted by molar-refractivity contribution is -1.05. The van der Waals surface area contributed by atoms with Gasteiger partial charge < -0.3 is 5.73 Å². The van der Waals surface area contributed by atoms with Crippen LogP contribution >= 0.6 is 23.2 Å². The number of nitrogens with two attached hydrogens (primary N) is 1. The van der Waals surface area contributed by atoms with Crippen LogP contribution in [0.15, 0.2) is 24.0 Å². The molecule has 1 aromatic rings. The van der Waals surface area contributed by atoms with Crippen LogP contribution in [0.2, 0.25) is 10.0 Å². The number of hydrogen-bond donors (Lipinski definition) is 1. The Balaban J connectivity index is 1.82. The summed E-state index contributed by atoms with van der Waals surface area (Å²) in [6.07, 6.45) is 5.22. The Morgan fingerprint density at radius 3 is 2.23 bits per heavy atom. The predicted molar refractivity (Wildman–Crippen MR) is 91.1 cm³/mol. The molecule has 2 fully saturated rings. The van der Waals surface area contributed by atoms with Crippen molar-refractivity contribution in [2.75, 3.05) is 7.05 Å². The second kappa shape index (κ2) is 4.80. The van der Waals surface area contributed by atoms with Crippen molar-refractivity contribution in [1.29, 1.82) is 0 Å². The normalized spacial score (nSPS) is 27.6. The van der Waals surface area contributed by atoms with Gasteiger partial charge in [-0.2, -0.15) is 0 Å². The van der Waals surface area contributed by atoms with Crippen LogP contribution in [0.1, 0.15) is 38.2 Å². The van der Waals surface area contributed by atoms with Crippen LogP contribution in [0.3, 0.4) is 0 Å². The van der Waals surface area contributed by atoms with E-state index >= 15 is 0 Å². The fourth-order valence-electron chi connectivity index (χ4n) is 4.51. The van der Waals surface area contributed by atoms with E-state index in [4.69, 9.17) is 28.9 Å². The van der Waals surface area contributed by atoms with Crippen LogP contribution in [-0.4, -0.2) is 34.8 Å². The third kappa shape index (κ3) is 1.85. The van der Waals surface area contributed by atoms with Gasteiger partial charge in [-0.3, -0.25) is 0 Å². The number of hydrogen-bond acceptors (Lipinski definition) is 2. The summed E-state index contributed by atoms with van der Waals surface area (Å²) in [6.45, 7) is 2.31. The van der Waals surface area contributed by atoms with Gasteiger partial charge in [-0.05, 0) is 19.1 Å². The molecule has 2 aliphatic carbocycles. The average Bonchev–Trinajstić information content (AvgIpc) is 3.35. The molecule has 0 amide bonds. The van der Waals surface area contributed by atoms with Crippen molar-refractivity contribution in [3.8, 4) is 0 Å². The molecule has 0 saturated heterocycles. The summed E-state index contributed by atoms with van der Waals surface area (Å²) in [5.74, 6) is 0.871. The van der Waals surface area contributed by atoms with Gasteiger partial charge in [0.25, 0.3) is 0 Å². The highest BCUT2D eigenvalue weighted by molar-refractivity contribution is 6.35. The Bertz CT molecular complexity index is 650. The van der Waals surface area contributed by atoms with Crippen molar-refractivity contribution >= 4 is 28.8 Å². The molecule has 3 nitrogen and oxygen atoms in total. The molecule has 1 aliphatic heterocycles. The largest absolute Gasteiger partial charge is 0.381 e. The summed E-state index contributed by atoms with van der Waals surface area (Å²) in [6, 6.07) is 7.51. The van der Waals surface area contributed by atoms with E-state index in [0.29, 0.717) is 16.1 Å². The first-order valence-corrected chi connectivity index (χ1v) is 8.81. The van der Waals surface area contributed by atoms with Crippen LogP contribution in [0.5, 0.6) is 0 Å². The molecule has 2 saturated carbocycles. The molecule has 0 spiro atoms. The fraction of sp³-hybridized carbons (Fsp3) is 0.529. The molecule has 1 heterocycles. The summed E-state index contributed by atoms with van der Waals surface area (Å²) in [7, 11) is 2.15. The number of benzene rings is 1. The zero-order chi connectivity index (χ0) is 15.6. The summed E-state index contributed by atoms with van der Waals surface area (Å²) in [5, 5.41) is 3.68. The van der Waals surface area contributed by atoms with Gasteiger partial charge in [-0.25, -0.2) is 9.60 Å². The SMILES string of the molecule is CC1C(c2ccc(Cl)cc2Cl)=C(N)N(C)[N+]1(C1CC1)C1CC1. The first-order valence-electron chi connectivity index (χ1n) is 8.05. The molecule has 0 radical (unpaired) electrons. The molecule has 0 aromatic heterocycles. The Kier molecular flexibility index (Phi) is 3.20. The highest BCUT2D eigenvalue weighted by Gasteiger charge is 2.64. The van der Waals surface area contributed by atoms with E-state index in [9.17, 15) is 0 Å². The third-order valence-corrected chi connectivity index (χ3v) is 6.22. The molecular weight excluding hydrogens is 317 g/mol. The maximum Gasteiger partial charge on any atom is 0.158 e. The lowest BCUT2D eigenvalue weighted by Crippen LogP contribution is -2.62. The van der Waals surface area contributed by atoms with E-state index in [0.717, 1.165) is 28.1 Å². The molecule has 5 heteroatoms. The van der Waals surface area contributed by atoms with Crippen molar-refractivity contribution in [3.63, 3.8) is 0 Å². The van der Waals surface area contributed by atoms with Crippen molar-refractivity contribution < 1.29 is 4.59 Å². The number of quaternary nitrogens is 1. The van der Waals surface area contributed by atoms with Gasteiger partial charge in [0.2, 0.25) is 0 Å². The number of rotatable bonds is 3. The van der Waals surface area contributed by atoms with Crippen molar-refractivity contribution in [2.45, 2.75) is 50.7 Å². The van der Waals surface area contributed by atoms with Crippen molar-refractivity contribution in [3.05, 3.63) is 39.6 Å². The third-order valence-electron chi connectivity index (χ3n) is 5.67. The second-order valence-electron chi connectivity index (χ2n) is 6.88. The van der Waals surface area contributed by atoms with Gasteiger partial charge in [0.15, 0.2) is 5.82 Å². The molecule has 1 unspecified atom stereocenters. The van der Waals surface area contributed by atoms with E-state index in [1.165, 1.54) is 31.3 Å². The van der Waals surface area contributed by atoms with E-state index in [2.05, 4.69) is 19.0 Å². The highest BCUT2D eigenvalue weighted by Crippen LogP contribution is 2.54. The first-order chi connectivity index (χ1) is 10.5. The van der Waals surface area contributed by atoms with E-state index in [1.807, 2.05) is 18.2 Å². The molecule has 3 aliphatic rings. The lowest BCUT2D eigenvalue weighted by Gasteiger charge is -2.45. The topological polar surface area (TPSA) is 29.3 Å². The van der Waals surface area contributed by atoms with Crippen molar-refractivity contribution in [2.24, 2.45) is 5.73 Å². The van der Waals surface area contributed by atoms with Crippen LogP contribution in [0.4, 0.5) is 0 Å². The minimum atomic E-state index is 0.351. The lowest BCUT2D eigenvalue weighted by atomic mass is 9.98. The molecular formula is C17H22Cl2N3+. The average molecular weight is 339 g/mol. The quantitative estimate of drug-likeness (QED) is 0.843. The Hall–Kier alpha value is -0.900. The van der Waals surface area contributed by atoms with Gasteiger partial charge in [0, 0.05) is 41.3 Å². The van der Waals surface area contributed by atoms with Gasteiger partial charge in [0.05, 0.1) is 12.6 Å². The minimum Gasteiger partial charge on any atom is -0.381 e. The van der Waals surface area contributed by atoms with Gasteiger partial charge in [-0.1, -0.05) is 29.3 Å². The molecule has 4 rings (SSSR count). The zero-order valence-electron chi connectivity index (χ0n) is 13.0. The summed E-state index contributed by atoms with van der Waals surface area (Å²) >= 11 is 12.5. The Morgan fingerprint density at radius 2 is 1.73 bits per heavy atom. The van der Waals surface area contributed by atoms with Crippen LogP contribution in [0.25, 0.3) is 5.57 Å². The molecule has 0 bridgehead atoms. The molecule has 2 N–H and O–H groups in total. The summed E-state index contributed by atoms with van der Waals surface area (Å²) in [5.41, 5.74) is 8.77. The van der Waals surface area contributed by atoms with Gasteiger partial charge in [-0.15, -0.1) is 0 Å². The summed E-state index contributed by atoms with van der Waals surface area (Å²) in [4.78, 5) is 0. The molecule has 22 heavy (non-hydrogen) atoms. The number of nitrogens with zero attached hydrogens (tertiary/aromatic N) is 2. The standard InChI is InChI=1S/C17H22Cl2N3/c1-10-16(14-8-3-11(18)9-15(14)19)17(20)21(2)22(10,12-4-5-12)13-6-7-13/h3,8-10,12-13H,4-7,20H2,1-2H3/q+1. The number of halogens is 2. The van der Waals surface area contributed by atoms with Crippen LogP contribution < -0.4 is 5.73 Å². The van der Waals surface area contributed by atoms with Crippen molar-refractivity contribution in [1.82, 2.24) is 5.01 Å². The van der Waals surface area contributed by atoms with E-state index in [1.54, 1.807) is 0 Å². The van der Waals surface area contributed by atoms with Gasteiger partial charge >= 0.3 is 0 Å². The van der Waals surface area contributed by atoms with Gasteiger partial charge in [0.1, 0.15) is 18.1 Å². The highest BCUT2D eigenvalue weighted by atomic mass is 35.5. The maximum absolute atomic E-state index is 6.56. The Morgan fingerprint density at radius 1 is 1.14 bits per heavy atom. The molecule has 1 aromatic carbocycles. The summed E-state index contributed by atoms with van der Waals surface area (Å²) < 4.78 is 1.01. The Labute approximate surface area is 141 Å². The predicted octanol–water partition coefficient (Wildman–Crippen LogP) is 4.01. The second-order valence-corrected chi connectivity index (χ2v) is 7.72. The zero-order valence-corrected chi connectivity index (χ0v) is 14.5. The van der Waals surface area contributed by atoms with Crippen LogP contribution in [-0.2, 0) is 0 Å². The maximum atomic E-state index is 6.56. The van der Waals surface area contributed by atoms with E-state index in [-0.39, 0.29) is 0 Å².